The molecular formula is C18H33NO5. The smallest absolute Gasteiger partial charge is 0.307 e. The molecule has 1 aliphatic carbocycles. The van der Waals surface area contributed by atoms with Crippen LogP contribution in [0.5, 0.6) is 0 Å². The van der Waals surface area contributed by atoms with Crippen molar-refractivity contribution in [3.63, 3.8) is 0 Å². The molecule has 0 bridgehead atoms. The van der Waals surface area contributed by atoms with Crippen LogP contribution in [0.3, 0.4) is 0 Å². The first kappa shape index (κ1) is 20.9. The number of hydrogen-bond acceptors (Lipinski definition) is 5. The fourth-order valence-corrected chi connectivity index (χ4v) is 3.12. The van der Waals surface area contributed by atoms with Crippen molar-refractivity contribution in [2.24, 2.45) is 5.92 Å². The Hall–Kier alpha value is -1.14. The molecule has 0 spiro atoms. The first-order chi connectivity index (χ1) is 11.7. The summed E-state index contributed by atoms with van der Waals surface area (Å²) in [5.74, 6) is 0.469. The average molecular weight is 343 g/mol. The van der Waals surface area contributed by atoms with Crippen LogP contribution >= 0.6 is 0 Å². The standard InChI is InChI=1S/C18H33NO5/c1-2-24-18(22)10-11-19(12-14-23-15-13-20)17(21)9-8-16-6-4-3-5-7-16/h16,20H,2-15H2,1H3. The number of nitrogens with zero attached hydrogens (tertiary/aromatic N) is 1. The quantitative estimate of drug-likeness (QED) is 0.434. The summed E-state index contributed by atoms with van der Waals surface area (Å²) in [7, 11) is 0. The lowest BCUT2D eigenvalue weighted by Gasteiger charge is -2.25. The number of amides is 1. The maximum Gasteiger partial charge on any atom is 0.307 e. The maximum absolute atomic E-state index is 12.5. The van der Waals surface area contributed by atoms with E-state index in [4.69, 9.17) is 14.6 Å². The van der Waals surface area contributed by atoms with Gasteiger partial charge in [0, 0.05) is 19.5 Å². The van der Waals surface area contributed by atoms with E-state index in [1.165, 1.54) is 32.1 Å². The molecule has 0 atom stereocenters. The Morgan fingerprint density at radius 2 is 1.83 bits per heavy atom. The van der Waals surface area contributed by atoms with Gasteiger partial charge in [0.15, 0.2) is 0 Å². The summed E-state index contributed by atoms with van der Waals surface area (Å²) in [6.07, 6.45) is 8.02. The largest absolute Gasteiger partial charge is 0.466 e. The number of esters is 1. The van der Waals surface area contributed by atoms with Crippen LogP contribution in [0.4, 0.5) is 0 Å². The van der Waals surface area contributed by atoms with E-state index in [9.17, 15) is 9.59 Å². The van der Waals surface area contributed by atoms with E-state index in [1.807, 2.05) is 0 Å². The van der Waals surface area contributed by atoms with Crippen LogP contribution in [0, 0.1) is 5.92 Å². The zero-order valence-electron chi connectivity index (χ0n) is 15.0. The predicted octanol–water partition coefficient (Wildman–Crippen LogP) is 2.14. The second kappa shape index (κ2) is 13.2. The van der Waals surface area contributed by atoms with Gasteiger partial charge in [-0.05, 0) is 19.3 Å². The molecule has 24 heavy (non-hydrogen) atoms. The minimum atomic E-state index is -0.279. The summed E-state index contributed by atoms with van der Waals surface area (Å²) in [4.78, 5) is 25.7. The van der Waals surface area contributed by atoms with E-state index in [0.29, 0.717) is 38.6 Å². The summed E-state index contributed by atoms with van der Waals surface area (Å²) >= 11 is 0. The van der Waals surface area contributed by atoms with E-state index in [1.54, 1.807) is 11.8 Å². The third-order valence-corrected chi connectivity index (χ3v) is 4.48. The van der Waals surface area contributed by atoms with Gasteiger partial charge in [-0.3, -0.25) is 9.59 Å². The summed E-state index contributed by atoms with van der Waals surface area (Å²) in [5, 5.41) is 8.74. The first-order valence-electron chi connectivity index (χ1n) is 9.29. The summed E-state index contributed by atoms with van der Waals surface area (Å²) in [5.41, 5.74) is 0. The fraction of sp³-hybridized carbons (Fsp3) is 0.889. The highest BCUT2D eigenvalue weighted by Crippen LogP contribution is 2.27. The number of ether oxygens (including phenoxy) is 2. The Morgan fingerprint density at radius 1 is 1.08 bits per heavy atom. The van der Waals surface area contributed by atoms with Crippen LogP contribution in [0.1, 0.15) is 58.3 Å². The van der Waals surface area contributed by atoms with Crippen LogP contribution in [0.25, 0.3) is 0 Å². The molecule has 0 heterocycles. The van der Waals surface area contributed by atoms with Crippen molar-refractivity contribution >= 4 is 11.9 Å². The molecule has 1 aliphatic rings. The minimum absolute atomic E-state index is 0.0293. The van der Waals surface area contributed by atoms with Gasteiger partial charge in [0.1, 0.15) is 0 Å². The van der Waals surface area contributed by atoms with E-state index in [-0.39, 0.29) is 31.5 Å². The van der Waals surface area contributed by atoms with Gasteiger partial charge in [0.05, 0.1) is 32.8 Å². The molecule has 0 aromatic heterocycles. The Balaban J connectivity index is 2.38. The van der Waals surface area contributed by atoms with E-state index >= 15 is 0 Å². The van der Waals surface area contributed by atoms with Crippen molar-refractivity contribution in [1.29, 1.82) is 0 Å². The normalized spacial score (nSPS) is 15.2. The monoisotopic (exact) mass is 343 g/mol. The van der Waals surface area contributed by atoms with E-state index < -0.39 is 0 Å². The highest BCUT2D eigenvalue weighted by molar-refractivity contribution is 5.77. The third-order valence-electron chi connectivity index (χ3n) is 4.48. The fourth-order valence-electron chi connectivity index (χ4n) is 3.12. The molecule has 1 rings (SSSR count). The van der Waals surface area contributed by atoms with Crippen LogP contribution in [0.15, 0.2) is 0 Å². The lowest BCUT2D eigenvalue weighted by Crippen LogP contribution is -2.36. The number of carbonyl (C=O) groups is 2. The highest BCUT2D eigenvalue weighted by atomic mass is 16.5. The van der Waals surface area contributed by atoms with Crippen molar-refractivity contribution in [3.05, 3.63) is 0 Å². The van der Waals surface area contributed by atoms with Crippen molar-refractivity contribution < 1.29 is 24.2 Å². The van der Waals surface area contributed by atoms with Crippen molar-refractivity contribution in [1.82, 2.24) is 4.90 Å². The van der Waals surface area contributed by atoms with Gasteiger partial charge in [0.25, 0.3) is 0 Å². The van der Waals surface area contributed by atoms with Gasteiger partial charge in [-0.15, -0.1) is 0 Å². The Bertz CT molecular complexity index is 355. The SMILES string of the molecule is CCOC(=O)CCN(CCOCCO)C(=O)CCC1CCCCC1. The molecule has 6 nitrogen and oxygen atoms in total. The number of carbonyl (C=O) groups excluding carboxylic acids is 2. The molecule has 1 saturated carbocycles. The second-order valence-electron chi connectivity index (χ2n) is 6.31. The van der Waals surface area contributed by atoms with Crippen LogP contribution in [-0.2, 0) is 19.1 Å². The Labute approximate surface area is 145 Å². The lowest BCUT2D eigenvalue weighted by atomic mass is 9.86. The van der Waals surface area contributed by atoms with Crippen molar-refractivity contribution in [3.8, 4) is 0 Å². The zero-order chi connectivity index (χ0) is 17.6. The van der Waals surface area contributed by atoms with Crippen molar-refractivity contribution in [2.75, 3.05) is 39.5 Å². The number of rotatable bonds is 12. The van der Waals surface area contributed by atoms with Crippen molar-refractivity contribution in [2.45, 2.75) is 58.3 Å². The maximum atomic E-state index is 12.5. The summed E-state index contributed by atoms with van der Waals surface area (Å²) in [6, 6.07) is 0. The van der Waals surface area contributed by atoms with Gasteiger partial charge in [-0.25, -0.2) is 0 Å². The first-order valence-corrected chi connectivity index (χ1v) is 9.29. The molecule has 0 radical (unpaired) electrons. The van der Waals surface area contributed by atoms with Crippen LogP contribution in [-0.4, -0.2) is 61.4 Å². The highest BCUT2D eigenvalue weighted by Gasteiger charge is 2.19. The number of hydrogen-bond donors (Lipinski definition) is 1. The van der Waals surface area contributed by atoms with E-state index in [2.05, 4.69) is 0 Å². The molecule has 1 fully saturated rings. The van der Waals surface area contributed by atoms with Gasteiger partial charge in [-0.1, -0.05) is 32.1 Å². The molecule has 0 aromatic carbocycles. The molecule has 1 amide bonds. The minimum Gasteiger partial charge on any atom is -0.466 e. The molecule has 1 N–H and O–H groups in total. The lowest BCUT2D eigenvalue weighted by molar-refractivity contribution is -0.144. The van der Waals surface area contributed by atoms with Gasteiger partial charge < -0.3 is 19.5 Å². The number of aliphatic hydroxyl groups is 1. The summed E-state index contributed by atoms with van der Waals surface area (Å²) < 4.78 is 10.2. The molecule has 0 aromatic rings. The Kier molecular flexibility index (Phi) is 11.5. The third kappa shape index (κ3) is 9.23. The molecule has 140 valence electrons. The van der Waals surface area contributed by atoms with Crippen LogP contribution in [0.2, 0.25) is 0 Å². The number of aliphatic hydroxyl groups excluding tert-OH is 1. The molecular weight excluding hydrogens is 310 g/mol. The topological polar surface area (TPSA) is 76.1 Å². The molecule has 0 unspecified atom stereocenters. The second-order valence-corrected chi connectivity index (χ2v) is 6.31. The zero-order valence-corrected chi connectivity index (χ0v) is 15.0. The predicted molar refractivity (Wildman–Crippen MR) is 91.5 cm³/mol. The average Bonchev–Trinajstić information content (AvgIpc) is 2.60. The Morgan fingerprint density at radius 3 is 2.50 bits per heavy atom. The molecule has 0 aliphatic heterocycles. The molecule has 0 saturated heterocycles. The van der Waals surface area contributed by atoms with Gasteiger partial charge in [-0.2, -0.15) is 0 Å². The van der Waals surface area contributed by atoms with E-state index in [0.717, 1.165) is 6.42 Å². The van der Waals surface area contributed by atoms with Gasteiger partial charge >= 0.3 is 5.97 Å². The summed E-state index contributed by atoms with van der Waals surface area (Å²) in [6.45, 7) is 3.55. The van der Waals surface area contributed by atoms with Gasteiger partial charge in [0.2, 0.25) is 5.91 Å². The molecule has 6 heteroatoms. The van der Waals surface area contributed by atoms with Crippen LogP contribution < -0.4 is 0 Å².